The van der Waals surface area contributed by atoms with Gasteiger partial charge in [0.25, 0.3) is 5.91 Å². The molecular formula is C11H17N3O4. The van der Waals surface area contributed by atoms with E-state index in [1.807, 2.05) is 0 Å². The van der Waals surface area contributed by atoms with Crippen LogP contribution in [0.2, 0.25) is 0 Å². The number of rotatable bonds is 3. The van der Waals surface area contributed by atoms with Crippen LogP contribution in [0.15, 0.2) is 0 Å². The molecule has 2 fully saturated rings. The molecule has 0 aromatic carbocycles. The minimum Gasteiger partial charge on any atom is -0.396 e. The average molecular weight is 255 g/mol. The van der Waals surface area contributed by atoms with Crippen LogP contribution in [0.4, 0.5) is 4.79 Å². The van der Waals surface area contributed by atoms with E-state index in [1.54, 1.807) is 4.90 Å². The number of amides is 4. The standard InChI is InChI=1S/C11H17N3O4/c15-7-1-2-8(16)14-5-3-11(4-6-14)9(17)12-10(18)13-11/h15H,1-7H2,(H2,12,13,17,18). The first-order chi connectivity index (χ1) is 8.57. The molecule has 0 aliphatic carbocycles. The fourth-order valence-corrected chi connectivity index (χ4v) is 2.41. The molecule has 2 heterocycles. The van der Waals surface area contributed by atoms with Crippen molar-refractivity contribution in [1.82, 2.24) is 15.5 Å². The van der Waals surface area contributed by atoms with Crippen molar-refractivity contribution in [2.75, 3.05) is 19.7 Å². The normalized spacial score (nSPS) is 21.9. The quantitative estimate of drug-likeness (QED) is 0.561. The van der Waals surface area contributed by atoms with Crippen molar-refractivity contribution >= 4 is 17.8 Å². The maximum absolute atomic E-state index is 11.7. The third-order valence-electron chi connectivity index (χ3n) is 3.53. The first-order valence-electron chi connectivity index (χ1n) is 6.10. The number of carbonyl (C=O) groups is 3. The Morgan fingerprint density at radius 1 is 1.33 bits per heavy atom. The van der Waals surface area contributed by atoms with Crippen LogP contribution in [-0.4, -0.2) is 53.1 Å². The second kappa shape index (κ2) is 4.93. The van der Waals surface area contributed by atoms with Crippen LogP contribution in [0.3, 0.4) is 0 Å². The van der Waals surface area contributed by atoms with E-state index in [2.05, 4.69) is 10.6 Å². The number of aliphatic hydroxyl groups excluding tert-OH is 1. The van der Waals surface area contributed by atoms with Gasteiger partial charge in [-0.25, -0.2) is 4.79 Å². The minimum atomic E-state index is -0.829. The molecule has 0 bridgehead atoms. The van der Waals surface area contributed by atoms with Gasteiger partial charge in [-0.3, -0.25) is 14.9 Å². The molecule has 0 unspecified atom stereocenters. The zero-order valence-electron chi connectivity index (χ0n) is 10.1. The molecule has 2 aliphatic heterocycles. The Balaban J connectivity index is 1.90. The van der Waals surface area contributed by atoms with Gasteiger partial charge in [-0.05, 0) is 19.3 Å². The molecule has 1 spiro atoms. The molecule has 0 saturated carbocycles. The predicted octanol–water partition coefficient (Wildman–Crippen LogP) is -1.04. The van der Waals surface area contributed by atoms with Crippen LogP contribution < -0.4 is 10.6 Å². The van der Waals surface area contributed by atoms with Crippen molar-refractivity contribution < 1.29 is 19.5 Å². The number of hydrogen-bond acceptors (Lipinski definition) is 4. The fourth-order valence-electron chi connectivity index (χ4n) is 2.41. The lowest BCUT2D eigenvalue weighted by molar-refractivity contribution is -0.136. The Bertz CT molecular complexity index is 374. The van der Waals surface area contributed by atoms with Gasteiger partial charge in [-0.15, -0.1) is 0 Å². The third kappa shape index (κ3) is 2.31. The number of imide groups is 1. The Morgan fingerprint density at radius 2 is 2.00 bits per heavy atom. The van der Waals surface area contributed by atoms with E-state index in [1.165, 1.54) is 0 Å². The van der Waals surface area contributed by atoms with Gasteiger partial charge >= 0.3 is 6.03 Å². The van der Waals surface area contributed by atoms with E-state index in [4.69, 9.17) is 5.11 Å². The number of nitrogens with one attached hydrogen (secondary N) is 2. The molecule has 0 radical (unpaired) electrons. The molecule has 2 rings (SSSR count). The summed E-state index contributed by atoms with van der Waals surface area (Å²) in [5.41, 5.74) is -0.829. The van der Waals surface area contributed by atoms with Gasteiger partial charge in [0.05, 0.1) is 0 Å². The van der Waals surface area contributed by atoms with Crippen molar-refractivity contribution in [2.24, 2.45) is 0 Å². The summed E-state index contributed by atoms with van der Waals surface area (Å²) in [5.74, 6) is -0.307. The Kier molecular flexibility index (Phi) is 3.51. The first-order valence-corrected chi connectivity index (χ1v) is 6.10. The summed E-state index contributed by atoms with van der Waals surface area (Å²) in [7, 11) is 0. The second-order valence-corrected chi connectivity index (χ2v) is 4.70. The monoisotopic (exact) mass is 255 g/mol. The highest BCUT2D eigenvalue weighted by Crippen LogP contribution is 2.25. The molecular weight excluding hydrogens is 238 g/mol. The smallest absolute Gasteiger partial charge is 0.322 e. The van der Waals surface area contributed by atoms with Crippen LogP contribution in [0.5, 0.6) is 0 Å². The van der Waals surface area contributed by atoms with Gasteiger partial charge < -0.3 is 15.3 Å². The van der Waals surface area contributed by atoms with E-state index < -0.39 is 11.6 Å². The van der Waals surface area contributed by atoms with Crippen LogP contribution in [-0.2, 0) is 9.59 Å². The zero-order valence-corrected chi connectivity index (χ0v) is 10.1. The maximum Gasteiger partial charge on any atom is 0.322 e. The van der Waals surface area contributed by atoms with E-state index in [-0.39, 0.29) is 18.4 Å². The second-order valence-electron chi connectivity index (χ2n) is 4.70. The summed E-state index contributed by atoms with van der Waals surface area (Å²) in [4.78, 5) is 36.2. The number of piperidine rings is 1. The van der Waals surface area contributed by atoms with Crippen molar-refractivity contribution in [3.63, 3.8) is 0 Å². The highest BCUT2D eigenvalue weighted by molar-refractivity contribution is 6.07. The van der Waals surface area contributed by atoms with E-state index in [0.29, 0.717) is 38.8 Å². The molecule has 100 valence electrons. The van der Waals surface area contributed by atoms with Crippen molar-refractivity contribution in [1.29, 1.82) is 0 Å². The first kappa shape index (κ1) is 12.8. The zero-order chi connectivity index (χ0) is 13.2. The van der Waals surface area contributed by atoms with Crippen LogP contribution >= 0.6 is 0 Å². The number of hydrogen-bond donors (Lipinski definition) is 3. The van der Waals surface area contributed by atoms with Gasteiger partial charge in [0.15, 0.2) is 0 Å². The maximum atomic E-state index is 11.7. The van der Waals surface area contributed by atoms with E-state index >= 15 is 0 Å². The summed E-state index contributed by atoms with van der Waals surface area (Å²) in [6.45, 7) is 0.915. The summed E-state index contributed by atoms with van der Waals surface area (Å²) in [6.07, 6.45) is 1.66. The van der Waals surface area contributed by atoms with E-state index in [9.17, 15) is 14.4 Å². The molecule has 0 atom stereocenters. The van der Waals surface area contributed by atoms with Crippen LogP contribution in [0.25, 0.3) is 0 Å². The number of carbonyl (C=O) groups excluding carboxylic acids is 3. The average Bonchev–Trinajstić information content (AvgIpc) is 2.62. The SMILES string of the molecule is O=C1NC(=O)C2(CCN(C(=O)CCCO)CC2)N1. The number of likely N-dealkylation sites (tertiary alicyclic amines) is 1. The van der Waals surface area contributed by atoms with Crippen LogP contribution in [0, 0.1) is 0 Å². The summed E-state index contributed by atoms with van der Waals surface area (Å²) in [5, 5.41) is 13.5. The number of nitrogens with zero attached hydrogens (tertiary/aromatic N) is 1. The lowest BCUT2D eigenvalue weighted by Crippen LogP contribution is -2.55. The molecule has 7 heteroatoms. The van der Waals surface area contributed by atoms with Crippen LogP contribution in [0.1, 0.15) is 25.7 Å². The molecule has 3 N–H and O–H groups in total. The van der Waals surface area contributed by atoms with E-state index in [0.717, 1.165) is 0 Å². The summed E-state index contributed by atoms with van der Waals surface area (Å²) in [6, 6.07) is -0.458. The molecule has 18 heavy (non-hydrogen) atoms. The Hall–Kier alpha value is -1.63. The highest BCUT2D eigenvalue weighted by atomic mass is 16.3. The molecule has 0 aromatic rings. The lowest BCUT2D eigenvalue weighted by Gasteiger charge is -2.37. The molecule has 2 aliphatic rings. The van der Waals surface area contributed by atoms with Crippen molar-refractivity contribution in [3.8, 4) is 0 Å². The van der Waals surface area contributed by atoms with Gasteiger partial charge in [0.2, 0.25) is 5.91 Å². The minimum absolute atomic E-state index is 0.00197. The number of urea groups is 1. The summed E-state index contributed by atoms with van der Waals surface area (Å²) < 4.78 is 0. The molecule has 2 saturated heterocycles. The lowest BCUT2D eigenvalue weighted by atomic mass is 9.87. The van der Waals surface area contributed by atoms with Crippen molar-refractivity contribution in [3.05, 3.63) is 0 Å². The molecule has 0 aromatic heterocycles. The van der Waals surface area contributed by atoms with Gasteiger partial charge in [-0.2, -0.15) is 0 Å². The Morgan fingerprint density at radius 3 is 2.50 bits per heavy atom. The molecule has 7 nitrogen and oxygen atoms in total. The van der Waals surface area contributed by atoms with Gasteiger partial charge in [0, 0.05) is 26.1 Å². The Labute approximate surface area is 105 Å². The fraction of sp³-hybridized carbons (Fsp3) is 0.727. The predicted molar refractivity (Wildman–Crippen MR) is 61.5 cm³/mol. The van der Waals surface area contributed by atoms with Gasteiger partial charge in [-0.1, -0.05) is 0 Å². The van der Waals surface area contributed by atoms with Gasteiger partial charge in [0.1, 0.15) is 5.54 Å². The third-order valence-corrected chi connectivity index (χ3v) is 3.53. The molecule has 4 amide bonds. The summed E-state index contributed by atoms with van der Waals surface area (Å²) >= 11 is 0. The topological polar surface area (TPSA) is 98.7 Å². The van der Waals surface area contributed by atoms with Crippen molar-refractivity contribution in [2.45, 2.75) is 31.2 Å². The number of aliphatic hydroxyl groups is 1. The largest absolute Gasteiger partial charge is 0.396 e. The highest BCUT2D eigenvalue weighted by Gasteiger charge is 2.48.